The number of hydrogen-bond donors (Lipinski definition) is 1. The van der Waals surface area contributed by atoms with E-state index in [0.29, 0.717) is 28.7 Å². The summed E-state index contributed by atoms with van der Waals surface area (Å²) in [6, 6.07) is 16.5. The van der Waals surface area contributed by atoms with Crippen molar-refractivity contribution in [3.8, 4) is 17.2 Å². The molecule has 3 aromatic carbocycles. The van der Waals surface area contributed by atoms with Crippen molar-refractivity contribution in [3.63, 3.8) is 0 Å². The Kier molecular flexibility index (Phi) is 9.54. The highest BCUT2D eigenvalue weighted by Crippen LogP contribution is 2.30. The molecule has 1 amide bonds. The van der Waals surface area contributed by atoms with Gasteiger partial charge in [-0.1, -0.05) is 39.1 Å². The monoisotopic (exact) mass is 578 g/mol. The quantitative estimate of drug-likeness (QED) is 0.139. The molecule has 7 nitrogen and oxygen atoms in total. The average Bonchev–Trinajstić information content (AvgIpc) is 2.82. The first kappa shape index (κ1) is 26.5. The Morgan fingerprint density at radius 2 is 1.80 bits per heavy atom. The van der Waals surface area contributed by atoms with Crippen LogP contribution in [0.3, 0.4) is 0 Å². The number of rotatable bonds is 9. The van der Waals surface area contributed by atoms with Crippen molar-refractivity contribution in [2.45, 2.75) is 20.0 Å². The molecule has 1 atom stereocenters. The minimum Gasteiger partial charge on any atom is -0.490 e. The molecule has 1 N–H and O–H groups in total. The zero-order valence-corrected chi connectivity index (χ0v) is 21.9. The third-order valence-electron chi connectivity index (χ3n) is 4.51. The molecule has 10 heteroatoms. The van der Waals surface area contributed by atoms with Crippen LogP contribution in [0.5, 0.6) is 17.2 Å². The molecular formula is C25H21BrCl2N2O5. The average molecular weight is 580 g/mol. The van der Waals surface area contributed by atoms with Crippen LogP contribution in [0, 0.1) is 0 Å². The lowest BCUT2D eigenvalue weighted by atomic mass is 10.2. The molecule has 3 aromatic rings. The van der Waals surface area contributed by atoms with Crippen molar-refractivity contribution in [2.75, 3.05) is 6.61 Å². The molecule has 0 saturated carbocycles. The number of hydrogen-bond acceptors (Lipinski definition) is 6. The van der Waals surface area contributed by atoms with Gasteiger partial charge in [-0.05, 0) is 80.1 Å². The van der Waals surface area contributed by atoms with Crippen LogP contribution in [0.4, 0.5) is 0 Å². The summed E-state index contributed by atoms with van der Waals surface area (Å²) in [6.07, 6.45) is 0.683. The van der Waals surface area contributed by atoms with Crippen LogP contribution in [0.2, 0.25) is 10.0 Å². The third-order valence-corrected chi connectivity index (χ3v) is 5.58. The Morgan fingerprint density at radius 3 is 2.49 bits per heavy atom. The first-order chi connectivity index (χ1) is 16.8. The van der Waals surface area contributed by atoms with Crippen LogP contribution >= 0.6 is 39.1 Å². The number of nitrogens with one attached hydrogen (secondary N) is 1. The topological polar surface area (TPSA) is 86.2 Å². The standard InChI is InChI=1S/C25H21BrCl2N2O5/c1-3-33-23-12-16(4-11-22(23)35-25(32)20-10-7-18(27)13-21(20)28)14-29-30-24(31)15(2)34-19-8-5-17(26)6-9-19/h4-15H,3H2,1-2H3,(H,30,31)/b29-14-/t15-/m0/s1. The number of benzene rings is 3. The summed E-state index contributed by atoms with van der Waals surface area (Å²) in [7, 11) is 0. The molecule has 35 heavy (non-hydrogen) atoms. The zero-order valence-electron chi connectivity index (χ0n) is 18.8. The highest BCUT2D eigenvalue weighted by atomic mass is 79.9. The number of amides is 1. The summed E-state index contributed by atoms with van der Waals surface area (Å²) in [5, 5.41) is 4.56. The molecule has 0 radical (unpaired) electrons. The lowest BCUT2D eigenvalue weighted by Crippen LogP contribution is -2.33. The third kappa shape index (κ3) is 7.71. The lowest BCUT2D eigenvalue weighted by Gasteiger charge is -2.13. The van der Waals surface area contributed by atoms with E-state index in [1.165, 1.54) is 18.3 Å². The largest absolute Gasteiger partial charge is 0.490 e. The van der Waals surface area contributed by atoms with Crippen LogP contribution in [-0.2, 0) is 4.79 Å². The molecular weight excluding hydrogens is 559 g/mol. The van der Waals surface area contributed by atoms with Gasteiger partial charge in [0.2, 0.25) is 0 Å². The Morgan fingerprint density at radius 1 is 1.06 bits per heavy atom. The Bertz CT molecular complexity index is 1240. The van der Waals surface area contributed by atoms with Gasteiger partial charge in [0.15, 0.2) is 17.6 Å². The number of hydrazone groups is 1. The summed E-state index contributed by atoms with van der Waals surface area (Å²) in [5.74, 6) is 0.0283. The van der Waals surface area contributed by atoms with Crippen LogP contribution in [0.15, 0.2) is 70.2 Å². The molecule has 0 aliphatic heterocycles. The first-order valence-corrected chi connectivity index (χ1v) is 12.0. The van der Waals surface area contributed by atoms with E-state index in [1.807, 2.05) is 12.1 Å². The molecule has 182 valence electrons. The fraction of sp³-hybridized carbons (Fsp3) is 0.160. The van der Waals surface area contributed by atoms with Crippen LogP contribution < -0.4 is 19.6 Å². The number of carbonyl (C=O) groups excluding carboxylic acids is 2. The fourth-order valence-electron chi connectivity index (χ4n) is 2.80. The number of ether oxygens (including phenoxy) is 3. The van der Waals surface area contributed by atoms with E-state index in [0.717, 1.165) is 4.47 Å². The number of esters is 1. The minimum absolute atomic E-state index is 0.173. The molecule has 0 fully saturated rings. The fourth-order valence-corrected chi connectivity index (χ4v) is 3.55. The molecule has 0 aliphatic carbocycles. The number of nitrogens with zero attached hydrogens (tertiary/aromatic N) is 1. The first-order valence-electron chi connectivity index (χ1n) is 10.5. The molecule has 0 aromatic heterocycles. The van der Waals surface area contributed by atoms with E-state index in [2.05, 4.69) is 26.5 Å². The Labute approximate surface area is 221 Å². The summed E-state index contributed by atoms with van der Waals surface area (Å²) < 4.78 is 17.6. The molecule has 0 spiro atoms. The van der Waals surface area contributed by atoms with E-state index in [1.54, 1.807) is 50.2 Å². The molecule has 3 rings (SSSR count). The van der Waals surface area contributed by atoms with E-state index >= 15 is 0 Å². The van der Waals surface area contributed by atoms with E-state index < -0.39 is 18.0 Å². The van der Waals surface area contributed by atoms with E-state index in [-0.39, 0.29) is 16.3 Å². The predicted octanol–water partition coefficient (Wildman–Crippen LogP) is 6.29. The highest BCUT2D eigenvalue weighted by Gasteiger charge is 2.17. The predicted molar refractivity (Wildman–Crippen MR) is 139 cm³/mol. The smallest absolute Gasteiger partial charge is 0.345 e. The van der Waals surface area contributed by atoms with Gasteiger partial charge in [-0.15, -0.1) is 0 Å². The van der Waals surface area contributed by atoms with Crippen molar-refractivity contribution in [1.82, 2.24) is 5.43 Å². The molecule has 0 unspecified atom stereocenters. The summed E-state index contributed by atoms with van der Waals surface area (Å²) in [5.41, 5.74) is 3.22. The van der Waals surface area contributed by atoms with Crippen molar-refractivity contribution in [1.29, 1.82) is 0 Å². The van der Waals surface area contributed by atoms with Gasteiger partial charge in [-0.25, -0.2) is 10.2 Å². The lowest BCUT2D eigenvalue weighted by molar-refractivity contribution is -0.127. The van der Waals surface area contributed by atoms with Gasteiger partial charge in [0, 0.05) is 9.50 Å². The summed E-state index contributed by atoms with van der Waals surface area (Å²) in [4.78, 5) is 24.8. The highest BCUT2D eigenvalue weighted by molar-refractivity contribution is 9.10. The van der Waals surface area contributed by atoms with Crippen molar-refractivity contribution in [3.05, 3.63) is 86.3 Å². The second-order valence-electron chi connectivity index (χ2n) is 7.10. The number of carbonyl (C=O) groups is 2. The van der Waals surface area contributed by atoms with Gasteiger partial charge >= 0.3 is 5.97 Å². The Hall–Kier alpha value is -3.07. The molecule has 0 bridgehead atoms. The zero-order chi connectivity index (χ0) is 25.4. The second kappa shape index (κ2) is 12.6. The Balaban J connectivity index is 1.64. The number of halogens is 3. The van der Waals surface area contributed by atoms with Crippen LogP contribution in [0.1, 0.15) is 29.8 Å². The van der Waals surface area contributed by atoms with Crippen molar-refractivity contribution < 1.29 is 23.8 Å². The maximum Gasteiger partial charge on any atom is 0.345 e. The summed E-state index contributed by atoms with van der Waals surface area (Å²) >= 11 is 15.3. The minimum atomic E-state index is -0.756. The van der Waals surface area contributed by atoms with Crippen molar-refractivity contribution in [2.24, 2.45) is 5.10 Å². The maximum atomic E-state index is 12.6. The van der Waals surface area contributed by atoms with Crippen LogP contribution in [0.25, 0.3) is 0 Å². The van der Waals surface area contributed by atoms with E-state index in [4.69, 9.17) is 37.4 Å². The second-order valence-corrected chi connectivity index (χ2v) is 8.86. The normalized spacial score (nSPS) is 11.7. The van der Waals surface area contributed by atoms with E-state index in [9.17, 15) is 9.59 Å². The van der Waals surface area contributed by atoms with Gasteiger partial charge in [0.1, 0.15) is 5.75 Å². The van der Waals surface area contributed by atoms with Crippen LogP contribution in [-0.4, -0.2) is 30.8 Å². The molecule has 0 heterocycles. The van der Waals surface area contributed by atoms with Gasteiger partial charge in [0.05, 0.1) is 23.4 Å². The summed E-state index contributed by atoms with van der Waals surface area (Å²) in [6.45, 7) is 3.76. The molecule has 0 aliphatic rings. The maximum absolute atomic E-state index is 12.6. The SMILES string of the molecule is CCOc1cc(/C=N\NC(=O)[C@H](C)Oc2ccc(Br)cc2)ccc1OC(=O)c1ccc(Cl)cc1Cl. The van der Waals surface area contributed by atoms with Crippen molar-refractivity contribution >= 4 is 57.2 Å². The molecule has 0 saturated heterocycles. The van der Waals surface area contributed by atoms with Gasteiger partial charge in [-0.3, -0.25) is 4.79 Å². The van der Waals surface area contributed by atoms with Gasteiger partial charge in [-0.2, -0.15) is 5.10 Å². The van der Waals surface area contributed by atoms with Gasteiger partial charge < -0.3 is 14.2 Å². The van der Waals surface area contributed by atoms with Gasteiger partial charge in [0.25, 0.3) is 5.91 Å².